The van der Waals surface area contributed by atoms with Crippen LogP contribution in [0.5, 0.6) is 0 Å². The van der Waals surface area contributed by atoms with Crippen LogP contribution in [-0.4, -0.2) is 69.2 Å². The number of anilines is 1. The lowest BCUT2D eigenvalue weighted by molar-refractivity contribution is -0.146. The van der Waals surface area contributed by atoms with Gasteiger partial charge in [-0.15, -0.1) is 0 Å². The summed E-state index contributed by atoms with van der Waals surface area (Å²) in [5.74, 6) is -0.283. The van der Waals surface area contributed by atoms with Gasteiger partial charge in [0, 0.05) is 44.5 Å². The van der Waals surface area contributed by atoms with Gasteiger partial charge in [0.15, 0.2) is 6.29 Å². The molecule has 2 saturated heterocycles. The van der Waals surface area contributed by atoms with E-state index in [2.05, 4.69) is 4.90 Å². The zero-order valence-electron chi connectivity index (χ0n) is 18.3. The summed E-state index contributed by atoms with van der Waals surface area (Å²) in [7, 11) is 4.65. The number of amides is 1. The zero-order chi connectivity index (χ0) is 21.9. The Bertz CT molecular complexity index is 748. The molecule has 2 unspecified atom stereocenters. The summed E-state index contributed by atoms with van der Waals surface area (Å²) < 4.78 is 15.7. The Labute approximate surface area is 178 Å². The molecule has 0 radical (unpaired) electrons. The molecule has 0 aromatic heterocycles. The maximum atomic E-state index is 12.9. The Kier molecular flexibility index (Phi) is 7.00. The van der Waals surface area contributed by atoms with E-state index in [1.165, 1.54) is 7.11 Å². The first kappa shape index (κ1) is 22.5. The smallest absolute Gasteiger partial charge is 0.328 e. The van der Waals surface area contributed by atoms with Gasteiger partial charge in [-0.25, -0.2) is 4.79 Å². The molecular weight excluding hydrogens is 386 g/mol. The van der Waals surface area contributed by atoms with Crippen LogP contribution >= 0.6 is 0 Å². The van der Waals surface area contributed by atoms with Crippen LogP contribution < -0.4 is 10.6 Å². The van der Waals surface area contributed by atoms with Gasteiger partial charge >= 0.3 is 5.97 Å². The number of hydrogen-bond acceptors (Lipinski definition) is 7. The van der Waals surface area contributed by atoms with E-state index in [0.29, 0.717) is 18.5 Å². The molecule has 0 spiro atoms. The van der Waals surface area contributed by atoms with Crippen molar-refractivity contribution in [1.29, 1.82) is 0 Å². The van der Waals surface area contributed by atoms with Crippen molar-refractivity contribution in [1.82, 2.24) is 4.90 Å². The van der Waals surface area contributed by atoms with E-state index in [4.69, 9.17) is 19.9 Å². The third-order valence-electron chi connectivity index (χ3n) is 6.28. The van der Waals surface area contributed by atoms with Crippen LogP contribution in [0, 0.1) is 5.92 Å². The molecule has 8 nitrogen and oxygen atoms in total. The van der Waals surface area contributed by atoms with Gasteiger partial charge in [-0.2, -0.15) is 0 Å². The van der Waals surface area contributed by atoms with E-state index in [9.17, 15) is 9.59 Å². The van der Waals surface area contributed by atoms with Gasteiger partial charge in [-0.3, -0.25) is 4.79 Å². The third-order valence-corrected chi connectivity index (χ3v) is 6.28. The maximum absolute atomic E-state index is 12.9. The minimum atomic E-state index is -0.561. The molecule has 2 fully saturated rings. The summed E-state index contributed by atoms with van der Waals surface area (Å²) in [6.07, 6.45) is 2.80. The Morgan fingerprint density at radius 1 is 1.10 bits per heavy atom. The summed E-state index contributed by atoms with van der Waals surface area (Å²) in [6.45, 7) is 3.34. The van der Waals surface area contributed by atoms with Crippen LogP contribution in [0.3, 0.4) is 0 Å². The highest BCUT2D eigenvalue weighted by molar-refractivity contribution is 5.97. The largest absolute Gasteiger partial charge is 0.467 e. The molecule has 3 rings (SSSR count). The van der Waals surface area contributed by atoms with Gasteiger partial charge in [0.1, 0.15) is 6.04 Å². The van der Waals surface area contributed by atoms with Crippen molar-refractivity contribution in [2.75, 3.05) is 39.3 Å². The lowest BCUT2D eigenvalue weighted by atomic mass is 9.86. The first-order valence-corrected chi connectivity index (χ1v) is 10.4. The van der Waals surface area contributed by atoms with Crippen LogP contribution in [0.1, 0.15) is 43.0 Å². The van der Waals surface area contributed by atoms with Gasteiger partial charge in [-0.05, 0) is 56.9 Å². The number of methoxy groups -OCH3 is 3. The highest BCUT2D eigenvalue weighted by atomic mass is 16.7. The number of piperidine rings is 1. The number of esters is 1. The number of nitrogens with two attached hydrogens (primary N) is 1. The third kappa shape index (κ3) is 4.45. The Morgan fingerprint density at radius 3 is 2.33 bits per heavy atom. The first-order valence-electron chi connectivity index (χ1n) is 10.4. The summed E-state index contributed by atoms with van der Waals surface area (Å²) in [6, 6.07) is 6.96. The molecule has 1 amide bonds. The van der Waals surface area contributed by atoms with E-state index in [0.717, 1.165) is 31.5 Å². The Hall–Kier alpha value is -2.16. The highest BCUT2D eigenvalue weighted by Crippen LogP contribution is 2.35. The van der Waals surface area contributed by atoms with Gasteiger partial charge in [-0.1, -0.05) is 0 Å². The number of benzene rings is 1. The second-order valence-corrected chi connectivity index (χ2v) is 8.33. The molecule has 166 valence electrons. The number of carbonyl (C=O) groups is 2. The number of nitrogens with zero attached hydrogens (tertiary/aromatic N) is 2. The summed E-state index contributed by atoms with van der Waals surface area (Å²) in [4.78, 5) is 28.7. The van der Waals surface area contributed by atoms with E-state index < -0.39 is 11.7 Å². The van der Waals surface area contributed by atoms with Crippen molar-refractivity contribution >= 4 is 17.6 Å². The quantitative estimate of drug-likeness (QED) is 0.556. The molecule has 0 aliphatic carbocycles. The molecule has 8 heteroatoms. The molecule has 2 aliphatic heterocycles. The minimum absolute atomic E-state index is 0.147. The fourth-order valence-electron chi connectivity index (χ4n) is 4.77. The van der Waals surface area contributed by atoms with E-state index >= 15 is 0 Å². The Morgan fingerprint density at radius 2 is 1.77 bits per heavy atom. The fraction of sp³-hybridized carbons (Fsp3) is 0.636. The monoisotopic (exact) mass is 419 g/mol. The lowest BCUT2D eigenvalue weighted by Gasteiger charge is -2.47. The van der Waals surface area contributed by atoms with Crippen molar-refractivity contribution in [3.05, 3.63) is 29.8 Å². The predicted molar refractivity (Wildman–Crippen MR) is 113 cm³/mol. The molecule has 30 heavy (non-hydrogen) atoms. The number of hydrogen-bond donors (Lipinski definition) is 1. The summed E-state index contributed by atoms with van der Waals surface area (Å²) >= 11 is 0. The molecule has 2 N–H and O–H groups in total. The molecule has 2 heterocycles. The van der Waals surface area contributed by atoms with Gasteiger partial charge in [0.05, 0.1) is 12.8 Å². The van der Waals surface area contributed by atoms with Crippen molar-refractivity contribution < 1.29 is 23.8 Å². The van der Waals surface area contributed by atoms with Crippen LogP contribution in [0.25, 0.3) is 0 Å². The molecule has 3 atom stereocenters. The van der Waals surface area contributed by atoms with Crippen LogP contribution in [0.15, 0.2) is 24.3 Å². The van der Waals surface area contributed by atoms with Crippen molar-refractivity contribution in [2.45, 2.75) is 50.6 Å². The topological polar surface area (TPSA) is 94.3 Å². The number of ether oxygens (including phenoxy) is 3. The minimum Gasteiger partial charge on any atom is -0.467 e. The van der Waals surface area contributed by atoms with Gasteiger partial charge in [0.25, 0.3) is 5.91 Å². The van der Waals surface area contributed by atoms with Crippen LogP contribution in [0.4, 0.5) is 5.69 Å². The standard InChI is InChI=1S/C22H33N3O5/c1-22(23)14-16(21(29-3)30-4)11-13-25(22)17-9-7-15(8-10-17)19(26)24-12-5-6-18(24)20(27)28-2/h7-10,16,18,21H,5-6,11-14,23H2,1-4H3/t16?,18-,22?/m0/s1. The fourth-order valence-corrected chi connectivity index (χ4v) is 4.77. The first-order chi connectivity index (χ1) is 14.3. The predicted octanol–water partition coefficient (Wildman–Crippen LogP) is 1.97. The number of likely N-dealkylation sites (tertiary alicyclic amines) is 1. The molecule has 0 saturated carbocycles. The SMILES string of the molecule is COC(=O)[C@@H]1CCCN1C(=O)c1ccc(N2CCC(C(OC)OC)CC2(C)N)cc1. The molecule has 1 aromatic carbocycles. The van der Waals surface area contributed by atoms with Crippen molar-refractivity contribution in [3.8, 4) is 0 Å². The molecule has 0 bridgehead atoms. The maximum Gasteiger partial charge on any atom is 0.328 e. The summed E-state index contributed by atoms with van der Waals surface area (Å²) in [5, 5.41) is 0. The lowest BCUT2D eigenvalue weighted by Crippen LogP contribution is -2.60. The van der Waals surface area contributed by atoms with Crippen LogP contribution in [-0.2, 0) is 19.0 Å². The van der Waals surface area contributed by atoms with Gasteiger partial charge in [0.2, 0.25) is 0 Å². The van der Waals surface area contributed by atoms with E-state index in [1.54, 1.807) is 31.3 Å². The summed E-state index contributed by atoms with van der Waals surface area (Å²) in [5.41, 5.74) is 7.61. The number of carbonyl (C=O) groups excluding carboxylic acids is 2. The second kappa shape index (κ2) is 9.32. The second-order valence-electron chi connectivity index (χ2n) is 8.33. The van der Waals surface area contributed by atoms with E-state index in [-0.39, 0.29) is 24.1 Å². The average molecular weight is 420 g/mol. The van der Waals surface area contributed by atoms with Crippen molar-refractivity contribution in [3.63, 3.8) is 0 Å². The molecule has 1 aromatic rings. The van der Waals surface area contributed by atoms with Crippen molar-refractivity contribution in [2.24, 2.45) is 11.7 Å². The van der Waals surface area contributed by atoms with Crippen LogP contribution in [0.2, 0.25) is 0 Å². The highest BCUT2D eigenvalue weighted by Gasteiger charge is 2.39. The normalized spacial score (nSPS) is 26.9. The zero-order valence-corrected chi connectivity index (χ0v) is 18.3. The van der Waals surface area contributed by atoms with Gasteiger partial charge < -0.3 is 29.7 Å². The molecular formula is C22H33N3O5. The molecule has 2 aliphatic rings. The Balaban J connectivity index is 1.71. The average Bonchev–Trinajstić information content (AvgIpc) is 3.23. The number of rotatable bonds is 6. The van der Waals surface area contributed by atoms with E-state index in [1.807, 2.05) is 19.1 Å².